The van der Waals surface area contributed by atoms with Crippen molar-refractivity contribution in [1.82, 2.24) is 9.88 Å². The molecule has 1 aromatic heterocycles. The second-order valence-electron chi connectivity index (χ2n) is 7.29. The van der Waals surface area contributed by atoms with E-state index in [0.29, 0.717) is 0 Å². The van der Waals surface area contributed by atoms with E-state index in [-0.39, 0.29) is 6.10 Å². The SMILES string of the molecule is COc1ccc(CCC(O)CN2CCN(c3nc4ccccc4s3)CC2)cc1. The highest BCUT2D eigenvalue weighted by molar-refractivity contribution is 7.22. The van der Waals surface area contributed by atoms with Crippen molar-refractivity contribution in [2.24, 2.45) is 0 Å². The number of aliphatic hydroxyl groups is 1. The van der Waals surface area contributed by atoms with Gasteiger partial charge in [-0.05, 0) is 42.7 Å². The van der Waals surface area contributed by atoms with Gasteiger partial charge >= 0.3 is 0 Å². The lowest BCUT2D eigenvalue weighted by molar-refractivity contribution is 0.102. The molecule has 1 N–H and O–H groups in total. The maximum Gasteiger partial charge on any atom is 0.186 e. The summed E-state index contributed by atoms with van der Waals surface area (Å²) in [6, 6.07) is 16.4. The number of β-amino-alcohol motifs (C(OH)–C–C–N with tert-alkyl or cyclic N) is 1. The zero-order valence-electron chi connectivity index (χ0n) is 16.3. The Balaban J connectivity index is 1.23. The van der Waals surface area contributed by atoms with Crippen LogP contribution in [-0.2, 0) is 6.42 Å². The monoisotopic (exact) mass is 397 g/mol. The topological polar surface area (TPSA) is 48.8 Å². The van der Waals surface area contributed by atoms with Gasteiger partial charge in [-0.1, -0.05) is 35.6 Å². The van der Waals surface area contributed by atoms with E-state index in [1.54, 1.807) is 18.4 Å². The van der Waals surface area contributed by atoms with Crippen LogP contribution in [0, 0.1) is 0 Å². The van der Waals surface area contributed by atoms with Crippen LogP contribution >= 0.6 is 11.3 Å². The summed E-state index contributed by atoms with van der Waals surface area (Å²) in [5.74, 6) is 0.871. The van der Waals surface area contributed by atoms with Crippen LogP contribution in [0.1, 0.15) is 12.0 Å². The number of hydrogen-bond donors (Lipinski definition) is 1. The number of aliphatic hydroxyl groups excluding tert-OH is 1. The summed E-state index contributed by atoms with van der Waals surface area (Å²) in [6.07, 6.45) is 1.37. The van der Waals surface area contributed by atoms with Gasteiger partial charge in [-0.3, -0.25) is 4.90 Å². The second kappa shape index (κ2) is 8.90. The first-order valence-electron chi connectivity index (χ1n) is 9.85. The van der Waals surface area contributed by atoms with Crippen LogP contribution in [0.2, 0.25) is 0 Å². The number of methoxy groups -OCH3 is 1. The van der Waals surface area contributed by atoms with Crippen LogP contribution in [0.5, 0.6) is 5.75 Å². The van der Waals surface area contributed by atoms with Gasteiger partial charge in [-0.15, -0.1) is 0 Å². The summed E-state index contributed by atoms with van der Waals surface area (Å²) in [5.41, 5.74) is 2.32. The zero-order valence-corrected chi connectivity index (χ0v) is 17.1. The van der Waals surface area contributed by atoms with Crippen molar-refractivity contribution in [3.8, 4) is 5.75 Å². The minimum atomic E-state index is -0.295. The molecular formula is C22H27N3O2S. The molecule has 0 spiro atoms. The molecule has 1 fully saturated rings. The molecule has 5 nitrogen and oxygen atoms in total. The highest BCUT2D eigenvalue weighted by atomic mass is 32.1. The van der Waals surface area contributed by atoms with Crippen molar-refractivity contribution in [2.75, 3.05) is 44.7 Å². The van der Waals surface area contributed by atoms with Gasteiger partial charge in [0.15, 0.2) is 5.13 Å². The van der Waals surface area contributed by atoms with Crippen LogP contribution in [0.4, 0.5) is 5.13 Å². The number of nitrogens with zero attached hydrogens (tertiary/aromatic N) is 3. The third-order valence-corrected chi connectivity index (χ3v) is 6.42. The number of rotatable bonds is 7. The van der Waals surface area contributed by atoms with Crippen LogP contribution in [0.25, 0.3) is 10.2 Å². The normalized spacial score (nSPS) is 16.4. The van der Waals surface area contributed by atoms with E-state index in [1.807, 2.05) is 18.2 Å². The van der Waals surface area contributed by atoms with Crippen molar-refractivity contribution in [3.05, 3.63) is 54.1 Å². The molecule has 0 aliphatic carbocycles. The molecule has 148 valence electrons. The molecular weight excluding hydrogens is 370 g/mol. The van der Waals surface area contributed by atoms with E-state index < -0.39 is 0 Å². The summed E-state index contributed by atoms with van der Waals surface area (Å²) in [7, 11) is 1.68. The Morgan fingerprint density at radius 1 is 1.07 bits per heavy atom. The number of benzene rings is 2. The molecule has 1 unspecified atom stereocenters. The second-order valence-corrected chi connectivity index (χ2v) is 8.30. The number of piperazine rings is 1. The maximum atomic E-state index is 10.5. The summed E-state index contributed by atoms with van der Waals surface area (Å²) < 4.78 is 6.43. The molecule has 1 atom stereocenters. The van der Waals surface area contributed by atoms with E-state index in [9.17, 15) is 5.11 Å². The lowest BCUT2D eigenvalue weighted by Gasteiger charge is -2.35. The first-order valence-corrected chi connectivity index (χ1v) is 10.7. The third-order valence-electron chi connectivity index (χ3n) is 5.32. The average Bonchev–Trinajstić information content (AvgIpc) is 3.17. The third kappa shape index (κ3) is 4.63. The van der Waals surface area contributed by atoms with E-state index in [1.165, 1.54) is 10.3 Å². The zero-order chi connectivity index (χ0) is 19.3. The van der Waals surface area contributed by atoms with Gasteiger partial charge < -0.3 is 14.7 Å². The molecule has 1 aliphatic rings. The summed E-state index contributed by atoms with van der Waals surface area (Å²) in [4.78, 5) is 9.49. The number of para-hydroxylation sites is 1. The lowest BCUT2D eigenvalue weighted by Crippen LogP contribution is -2.48. The Hall–Kier alpha value is -2.15. The molecule has 2 aromatic carbocycles. The Morgan fingerprint density at radius 3 is 2.54 bits per heavy atom. The van der Waals surface area contributed by atoms with Crippen molar-refractivity contribution in [2.45, 2.75) is 18.9 Å². The summed E-state index contributed by atoms with van der Waals surface area (Å²) in [5, 5.41) is 11.6. The smallest absolute Gasteiger partial charge is 0.186 e. The molecule has 0 saturated carbocycles. The average molecular weight is 398 g/mol. The van der Waals surface area contributed by atoms with Crippen LogP contribution in [0.15, 0.2) is 48.5 Å². The van der Waals surface area contributed by atoms with E-state index in [4.69, 9.17) is 9.72 Å². The van der Waals surface area contributed by atoms with Gasteiger partial charge in [0.1, 0.15) is 5.75 Å². The molecule has 1 aliphatic heterocycles. The fraction of sp³-hybridized carbons (Fsp3) is 0.409. The number of fused-ring (bicyclic) bond motifs is 1. The molecule has 4 rings (SSSR count). The lowest BCUT2D eigenvalue weighted by atomic mass is 10.1. The highest BCUT2D eigenvalue weighted by Crippen LogP contribution is 2.29. The fourth-order valence-electron chi connectivity index (χ4n) is 3.63. The van der Waals surface area contributed by atoms with Gasteiger partial charge in [0, 0.05) is 32.7 Å². The minimum Gasteiger partial charge on any atom is -0.497 e. The Kier molecular flexibility index (Phi) is 6.10. The Labute approximate surface area is 170 Å². The number of aryl methyl sites for hydroxylation is 1. The standard InChI is InChI=1S/C22H27N3O2S/c1-27-19-10-7-17(8-11-19)6-9-18(26)16-24-12-14-25(15-13-24)22-23-20-4-2-3-5-21(20)28-22/h2-5,7-8,10-11,18,26H,6,9,12-16H2,1H3. The Morgan fingerprint density at radius 2 is 1.82 bits per heavy atom. The van der Waals surface area contributed by atoms with Gasteiger partial charge in [0.25, 0.3) is 0 Å². The summed E-state index contributed by atoms with van der Waals surface area (Å²) >= 11 is 1.77. The number of aromatic nitrogens is 1. The Bertz CT molecular complexity index is 855. The fourth-order valence-corrected chi connectivity index (χ4v) is 4.65. The van der Waals surface area contributed by atoms with E-state index >= 15 is 0 Å². The van der Waals surface area contributed by atoms with E-state index in [0.717, 1.165) is 62.0 Å². The first-order chi connectivity index (χ1) is 13.7. The van der Waals surface area contributed by atoms with Gasteiger partial charge in [-0.25, -0.2) is 4.98 Å². The van der Waals surface area contributed by atoms with Crippen LogP contribution < -0.4 is 9.64 Å². The van der Waals surface area contributed by atoms with Gasteiger partial charge in [-0.2, -0.15) is 0 Å². The van der Waals surface area contributed by atoms with Crippen molar-refractivity contribution >= 4 is 26.7 Å². The first kappa shape index (κ1) is 19.2. The quantitative estimate of drug-likeness (QED) is 0.662. The van der Waals surface area contributed by atoms with Crippen molar-refractivity contribution in [3.63, 3.8) is 0 Å². The van der Waals surface area contributed by atoms with Gasteiger partial charge in [0.2, 0.25) is 0 Å². The highest BCUT2D eigenvalue weighted by Gasteiger charge is 2.21. The number of ether oxygens (including phenoxy) is 1. The minimum absolute atomic E-state index is 0.295. The van der Waals surface area contributed by atoms with Crippen molar-refractivity contribution in [1.29, 1.82) is 0 Å². The largest absolute Gasteiger partial charge is 0.497 e. The molecule has 2 heterocycles. The predicted molar refractivity (Wildman–Crippen MR) is 116 cm³/mol. The number of anilines is 1. The molecule has 28 heavy (non-hydrogen) atoms. The van der Waals surface area contributed by atoms with Crippen LogP contribution in [0.3, 0.4) is 0 Å². The molecule has 0 amide bonds. The predicted octanol–water partition coefficient (Wildman–Crippen LogP) is 3.42. The van der Waals surface area contributed by atoms with Crippen molar-refractivity contribution < 1.29 is 9.84 Å². The molecule has 3 aromatic rings. The number of hydrogen-bond acceptors (Lipinski definition) is 6. The van der Waals surface area contributed by atoms with E-state index in [2.05, 4.69) is 40.1 Å². The number of thiazole rings is 1. The van der Waals surface area contributed by atoms with Crippen LogP contribution in [-0.4, -0.2) is 60.9 Å². The summed E-state index contributed by atoms with van der Waals surface area (Å²) in [6.45, 7) is 4.60. The van der Waals surface area contributed by atoms with Gasteiger partial charge in [0.05, 0.1) is 23.4 Å². The maximum absolute atomic E-state index is 10.5. The molecule has 0 bridgehead atoms. The molecule has 1 saturated heterocycles. The molecule has 0 radical (unpaired) electrons. The molecule has 6 heteroatoms.